The van der Waals surface area contributed by atoms with Gasteiger partial charge in [-0.3, -0.25) is 19.4 Å². The number of carbonyl (C=O) groups excluding carboxylic acids is 5. The summed E-state index contributed by atoms with van der Waals surface area (Å²) >= 11 is 0. The topological polar surface area (TPSA) is 193 Å². The summed E-state index contributed by atoms with van der Waals surface area (Å²) in [6, 6.07) is 19.9. The number of Topliss-reactive ketones (excluding diaryl/α,β-unsaturated/α-hetero) is 1. The van der Waals surface area contributed by atoms with Gasteiger partial charge in [-0.1, -0.05) is 50.3 Å². The van der Waals surface area contributed by atoms with Crippen LogP contribution < -0.4 is 11.1 Å². The SMILES string of the molecule is CC1(C)O[C@@H]2C[C@@]3(C)[C@@H]4C[C@H](F)C5=CC(=O)C=C[C@]5(C)[C@@]4(F)[C@@H](O)C[C@]3(C)[C@]2(C(=O)COC(=O)c2ccc(C(=O)OCc3ccc([C@@H](CN)C(=O)Nc4ccc5cnccc5c4)cc3)cc2)O1. The number of benzene rings is 3. The molecule has 13 nitrogen and oxygen atoms in total. The van der Waals surface area contributed by atoms with Crippen molar-refractivity contribution in [1.82, 2.24) is 4.98 Å². The lowest BCUT2D eigenvalue weighted by Gasteiger charge is -2.67. The first-order chi connectivity index (χ1) is 31.7. The molecule has 10 atom stereocenters. The van der Waals surface area contributed by atoms with Crippen LogP contribution in [0.25, 0.3) is 10.8 Å². The Labute approximate surface area is 386 Å². The van der Waals surface area contributed by atoms with E-state index in [0.29, 0.717) is 16.8 Å². The number of nitrogens with two attached hydrogens (primary N) is 1. The Morgan fingerprint density at radius 1 is 0.925 bits per heavy atom. The summed E-state index contributed by atoms with van der Waals surface area (Å²) in [5.74, 6) is -5.94. The lowest BCUT2D eigenvalue weighted by atomic mass is 9.39. The molecule has 0 spiro atoms. The highest BCUT2D eigenvalue weighted by Gasteiger charge is 2.84. The lowest BCUT2D eigenvalue weighted by Crippen LogP contribution is -2.73. The molecule has 0 unspecified atom stereocenters. The summed E-state index contributed by atoms with van der Waals surface area (Å²) < 4.78 is 58.2. The second-order valence-corrected chi connectivity index (χ2v) is 19.7. The predicted molar refractivity (Wildman–Crippen MR) is 241 cm³/mol. The number of aliphatic hydroxyl groups is 1. The first-order valence-corrected chi connectivity index (χ1v) is 22.5. The van der Waals surface area contributed by atoms with Gasteiger partial charge in [-0.05, 0) is 122 Å². The van der Waals surface area contributed by atoms with Gasteiger partial charge < -0.3 is 35.1 Å². The molecule has 0 bridgehead atoms. The number of amides is 1. The third kappa shape index (κ3) is 7.15. The number of aromatic nitrogens is 1. The fourth-order valence-electron chi connectivity index (χ4n) is 12.1. The van der Waals surface area contributed by atoms with Gasteiger partial charge in [0.1, 0.15) is 12.8 Å². The van der Waals surface area contributed by atoms with Gasteiger partial charge in [0.2, 0.25) is 11.7 Å². The minimum Gasteiger partial charge on any atom is -0.457 e. The zero-order chi connectivity index (χ0) is 47.9. The van der Waals surface area contributed by atoms with E-state index in [0.717, 1.165) is 16.8 Å². The number of allylic oxidation sites excluding steroid dienone is 4. The van der Waals surface area contributed by atoms with Crippen LogP contribution in [0.4, 0.5) is 14.5 Å². The molecule has 4 aromatic rings. The quantitative estimate of drug-likeness (QED) is 0.128. The Morgan fingerprint density at radius 3 is 2.30 bits per heavy atom. The van der Waals surface area contributed by atoms with Gasteiger partial charge in [-0.25, -0.2) is 18.4 Å². The normalized spacial score (nSPS) is 32.8. The Balaban J connectivity index is 0.836. The number of nitrogens with one attached hydrogen (secondary N) is 1. The fourth-order valence-corrected chi connectivity index (χ4v) is 12.1. The largest absolute Gasteiger partial charge is 0.457 e. The highest BCUT2D eigenvalue weighted by molar-refractivity contribution is 6.02. The van der Waals surface area contributed by atoms with E-state index < -0.39 is 93.6 Å². The molecule has 4 fully saturated rings. The van der Waals surface area contributed by atoms with Gasteiger partial charge in [0.05, 0.1) is 29.3 Å². The van der Waals surface area contributed by atoms with Gasteiger partial charge >= 0.3 is 11.9 Å². The van der Waals surface area contributed by atoms with E-state index >= 15 is 8.78 Å². The number of alkyl halides is 2. The van der Waals surface area contributed by atoms with Crippen molar-refractivity contribution in [3.63, 3.8) is 0 Å². The maximum atomic E-state index is 18.0. The summed E-state index contributed by atoms with van der Waals surface area (Å²) in [5, 5.41) is 16.8. The minimum atomic E-state index is -2.41. The number of nitrogens with zero attached hydrogens (tertiary/aromatic N) is 1. The minimum absolute atomic E-state index is 0.0143. The van der Waals surface area contributed by atoms with Crippen LogP contribution in [0.15, 0.2) is 109 Å². The van der Waals surface area contributed by atoms with Crippen LogP contribution in [-0.4, -0.2) is 88.1 Å². The predicted octanol–water partition coefficient (Wildman–Crippen LogP) is 7.21. The Bertz CT molecular complexity index is 2760. The van der Waals surface area contributed by atoms with Crippen LogP contribution >= 0.6 is 0 Å². The Kier molecular flexibility index (Phi) is 11.3. The molecule has 15 heteroatoms. The van der Waals surface area contributed by atoms with Crippen LogP contribution in [0.5, 0.6) is 0 Å². The number of hydrogen-bond donors (Lipinski definition) is 3. The van der Waals surface area contributed by atoms with Crippen LogP contribution in [0, 0.1) is 22.2 Å². The molecule has 2 heterocycles. The molecular weight excluding hydrogens is 865 g/mol. The maximum Gasteiger partial charge on any atom is 0.338 e. The van der Waals surface area contributed by atoms with Crippen molar-refractivity contribution >= 4 is 45.9 Å². The van der Waals surface area contributed by atoms with Gasteiger partial charge in [0, 0.05) is 46.8 Å². The number of aliphatic hydroxyl groups excluding tert-OH is 1. The van der Waals surface area contributed by atoms with E-state index in [1.54, 1.807) is 70.4 Å². The smallest absolute Gasteiger partial charge is 0.338 e. The molecule has 1 aromatic heterocycles. The molecule has 1 amide bonds. The zero-order valence-corrected chi connectivity index (χ0v) is 37.8. The first kappa shape index (κ1) is 46.1. The number of carbonyl (C=O) groups is 5. The monoisotopic (exact) mass is 917 g/mol. The standard InChI is InChI=1S/C52H53F2N3O10/c1-47(2)66-43-24-49(4)40-22-39(53)38-21-36(58)16-18-48(38,3)51(40,54)41(59)23-50(49,5)52(43,67-47)42(60)28-65-46(63)32-12-10-31(11-13-32)45(62)64-27-29-6-8-30(9-7-29)37(25-55)44(61)57-35-15-14-34-26-56-19-17-33(34)20-35/h6-21,26,37,39-41,43,59H,22-25,27-28,55H2,1-5H3,(H,57,61)/t37-,39+,40+,41+,43-,48+,49+,50+,51+,52-/m1/s1. The van der Waals surface area contributed by atoms with Crippen molar-refractivity contribution in [3.05, 3.63) is 131 Å². The summed E-state index contributed by atoms with van der Waals surface area (Å²) in [5.41, 5.74) is -0.191. The molecule has 4 aliphatic carbocycles. The van der Waals surface area contributed by atoms with Gasteiger partial charge in [-0.15, -0.1) is 0 Å². The van der Waals surface area contributed by atoms with Crippen LogP contribution in [0.2, 0.25) is 0 Å². The number of hydrogen-bond acceptors (Lipinski definition) is 12. The summed E-state index contributed by atoms with van der Waals surface area (Å²) in [7, 11) is 0. The Hall–Kier alpha value is -6.00. The Morgan fingerprint density at radius 2 is 1.61 bits per heavy atom. The van der Waals surface area contributed by atoms with Crippen molar-refractivity contribution < 1.29 is 56.8 Å². The lowest BCUT2D eigenvalue weighted by molar-refractivity contribution is -0.274. The number of anilines is 1. The van der Waals surface area contributed by atoms with E-state index in [4.69, 9.17) is 24.7 Å². The molecule has 3 saturated carbocycles. The fraction of sp³-hybridized carbons (Fsp3) is 0.423. The second-order valence-electron chi connectivity index (χ2n) is 19.7. The van der Waals surface area contributed by atoms with Crippen molar-refractivity contribution in [1.29, 1.82) is 0 Å². The first-order valence-electron chi connectivity index (χ1n) is 22.5. The number of fused-ring (bicyclic) bond motifs is 8. The summed E-state index contributed by atoms with van der Waals surface area (Å²) in [4.78, 5) is 70.8. The molecule has 1 aliphatic heterocycles. The van der Waals surface area contributed by atoms with E-state index in [1.165, 1.54) is 43.3 Å². The van der Waals surface area contributed by atoms with Gasteiger partial charge in [0.25, 0.3) is 0 Å². The van der Waals surface area contributed by atoms with E-state index in [-0.39, 0.29) is 55.0 Å². The highest BCUT2D eigenvalue weighted by Crippen LogP contribution is 2.77. The van der Waals surface area contributed by atoms with Gasteiger partial charge in [-0.2, -0.15) is 0 Å². The highest BCUT2D eigenvalue weighted by atomic mass is 19.1. The third-order valence-corrected chi connectivity index (χ3v) is 15.7. The van der Waals surface area contributed by atoms with Gasteiger partial charge in [0.15, 0.2) is 29.4 Å². The molecule has 4 N–H and O–H groups in total. The number of ketones is 2. The van der Waals surface area contributed by atoms with Crippen molar-refractivity contribution in [2.75, 3.05) is 18.5 Å². The van der Waals surface area contributed by atoms with E-state index in [9.17, 15) is 29.1 Å². The maximum absolute atomic E-state index is 18.0. The number of esters is 2. The van der Waals surface area contributed by atoms with Crippen molar-refractivity contribution in [3.8, 4) is 0 Å². The van der Waals surface area contributed by atoms with Crippen molar-refractivity contribution in [2.45, 2.75) is 102 Å². The number of pyridine rings is 1. The third-order valence-electron chi connectivity index (χ3n) is 15.7. The molecule has 5 aliphatic rings. The van der Waals surface area contributed by atoms with E-state index in [1.807, 2.05) is 18.2 Å². The van der Waals surface area contributed by atoms with Crippen LogP contribution in [0.1, 0.15) is 91.6 Å². The molecule has 350 valence electrons. The number of rotatable bonds is 11. The second kappa shape index (κ2) is 16.4. The average Bonchev–Trinajstić information content (AvgIpc) is 3.68. The van der Waals surface area contributed by atoms with Crippen LogP contribution in [0.3, 0.4) is 0 Å². The molecule has 3 aromatic carbocycles. The number of halogens is 2. The summed E-state index contributed by atoms with van der Waals surface area (Å²) in [6.45, 7) is 7.54. The number of ether oxygens (including phenoxy) is 4. The molecule has 67 heavy (non-hydrogen) atoms. The molecular formula is C52H53F2N3O10. The van der Waals surface area contributed by atoms with Crippen LogP contribution in [-0.2, 0) is 39.9 Å². The molecule has 0 radical (unpaired) electrons. The zero-order valence-electron chi connectivity index (χ0n) is 37.8. The van der Waals surface area contributed by atoms with Crippen molar-refractivity contribution in [2.24, 2.45) is 27.9 Å². The molecule has 1 saturated heterocycles. The average molecular weight is 918 g/mol. The summed E-state index contributed by atoms with van der Waals surface area (Å²) in [6.07, 6.45) is 2.26. The molecule has 9 rings (SSSR count). The van der Waals surface area contributed by atoms with E-state index in [2.05, 4.69) is 10.3 Å².